The smallest absolute Gasteiger partial charge is 0.335 e. The van der Waals surface area contributed by atoms with Gasteiger partial charge in [0.1, 0.15) is 0 Å². The summed E-state index contributed by atoms with van der Waals surface area (Å²) in [6, 6.07) is 6.17. The normalized spacial score (nSPS) is 21.6. The SMILES string of the molecule is CSC1CCC(NC(=O)Nc2cccc(C(=O)O)c2)CC1. The number of carbonyl (C=O) groups excluding carboxylic acids is 1. The van der Waals surface area contributed by atoms with E-state index in [0.717, 1.165) is 25.7 Å². The van der Waals surface area contributed by atoms with Crippen LogP contribution in [0.25, 0.3) is 0 Å². The Labute approximate surface area is 128 Å². The molecule has 0 bridgehead atoms. The second-order valence-corrected chi connectivity index (χ2v) is 6.33. The standard InChI is InChI=1S/C15H20N2O3S/c1-21-13-7-5-11(6-8-13)16-15(20)17-12-4-2-3-10(9-12)14(18)19/h2-4,9,11,13H,5-8H2,1H3,(H,18,19)(H2,16,17,20). The predicted octanol–water partition coefficient (Wildman–Crippen LogP) is 3.18. The number of carboxylic acid groups (broad SMARTS) is 1. The topological polar surface area (TPSA) is 78.4 Å². The van der Waals surface area contributed by atoms with Crippen LogP contribution in [0.3, 0.4) is 0 Å². The molecule has 1 fully saturated rings. The Morgan fingerprint density at radius 2 is 1.95 bits per heavy atom. The quantitative estimate of drug-likeness (QED) is 0.798. The molecule has 3 N–H and O–H groups in total. The van der Waals surface area contributed by atoms with Crippen LogP contribution < -0.4 is 10.6 Å². The zero-order chi connectivity index (χ0) is 15.2. The first-order chi connectivity index (χ1) is 10.1. The number of aromatic carboxylic acids is 1. The monoisotopic (exact) mass is 308 g/mol. The van der Waals surface area contributed by atoms with Crippen molar-refractivity contribution >= 4 is 29.4 Å². The summed E-state index contributed by atoms with van der Waals surface area (Å²) in [5, 5.41) is 15.3. The number of thioether (sulfide) groups is 1. The minimum atomic E-state index is -1.01. The fourth-order valence-corrected chi connectivity index (χ4v) is 3.27. The highest BCUT2D eigenvalue weighted by atomic mass is 32.2. The van der Waals surface area contributed by atoms with Crippen molar-refractivity contribution in [1.82, 2.24) is 5.32 Å². The van der Waals surface area contributed by atoms with Gasteiger partial charge in [-0.25, -0.2) is 9.59 Å². The first-order valence-corrected chi connectivity index (χ1v) is 8.31. The third-order valence-corrected chi connectivity index (χ3v) is 4.85. The molecule has 6 heteroatoms. The first kappa shape index (κ1) is 15.7. The number of benzene rings is 1. The molecule has 1 saturated carbocycles. The third kappa shape index (κ3) is 4.67. The van der Waals surface area contributed by atoms with Crippen LogP contribution in [0.2, 0.25) is 0 Å². The fourth-order valence-electron chi connectivity index (χ4n) is 2.53. The highest BCUT2D eigenvalue weighted by Gasteiger charge is 2.21. The number of urea groups is 1. The van der Waals surface area contributed by atoms with Gasteiger partial charge >= 0.3 is 12.0 Å². The molecule has 114 valence electrons. The summed E-state index contributed by atoms with van der Waals surface area (Å²) in [6.07, 6.45) is 6.37. The van der Waals surface area contributed by atoms with Crippen LogP contribution in [0, 0.1) is 0 Å². The minimum Gasteiger partial charge on any atom is -0.478 e. The Hall–Kier alpha value is -1.69. The van der Waals surface area contributed by atoms with Gasteiger partial charge in [-0.2, -0.15) is 11.8 Å². The molecule has 0 radical (unpaired) electrons. The first-order valence-electron chi connectivity index (χ1n) is 7.02. The average molecular weight is 308 g/mol. The lowest BCUT2D eigenvalue weighted by atomic mass is 9.95. The van der Waals surface area contributed by atoms with Crippen molar-refractivity contribution in [2.24, 2.45) is 0 Å². The molecule has 0 saturated heterocycles. The summed E-state index contributed by atoms with van der Waals surface area (Å²) in [5.74, 6) is -1.01. The second kappa shape index (κ2) is 7.36. The molecule has 0 aromatic heterocycles. The molecular formula is C15H20N2O3S. The molecule has 0 atom stereocenters. The number of anilines is 1. The summed E-state index contributed by atoms with van der Waals surface area (Å²) in [7, 11) is 0. The molecule has 5 nitrogen and oxygen atoms in total. The highest BCUT2D eigenvalue weighted by molar-refractivity contribution is 7.99. The largest absolute Gasteiger partial charge is 0.478 e. The summed E-state index contributed by atoms with van der Waals surface area (Å²) < 4.78 is 0. The van der Waals surface area contributed by atoms with E-state index in [1.807, 2.05) is 11.8 Å². The number of nitrogens with one attached hydrogen (secondary N) is 2. The van der Waals surface area contributed by atoms with Crippen molar-refractivity contribution in [2.75, 3.05) is 11.6 Å². The lowest BCUT2D eigenvalue weighted by Crippen LogP contribution is -2.40. The summed E-state index contributed by atoms with van der Waals surface area (Å²) in [6.45, 7) is 0. The Balaban J connectivity index is 1.85. The van der Waals surface area contributed by atoms with Gasteiger partial charge < -0.3 is 15.7 Å². The van der Waals surface area contributed by atoms with Crippen LogP contribution in [-0.4, -0.2) is 34.7 Å². The Bertz CT molecular complexity index is 513. The predicted molar refractivity (Wildman–Crippen MR) is 85.1 cm³/mol. The van der Waals surface area contributed by atoms with Crippen LogP contribution in [-0.2, 0) is 0 Å². The van der Waals surface area contributed by atoms with Crippen molar-refractivity contribution in [2.45, 2.75) is 37.0 Å². The van der Waals surface area contributed by atoms with Gasteiger partial charge in [-0.1, -0.05) is 6.07 Å². The number of amides is 2. The second-order valence-electron chi connectivity index (χ2n) is 5.19. The van der Waals surface area contributed by atoms with Crippen LogP contribution in [0.1, 0.15) is 36.0 Å². The summed E-state index contributed by atoms with van der Waals surface area (Å²) in [4.78, 5) is 22.8. The maximum Gasteiger partial charge on any atom is 0.335 e. The molecular weight excluding hydrogens is 288 g/mol. The van der Waals surface area contributed by atoms with Gasteiger partial charge in [-0.05, 0) is 50.1 Å². The maximum absolute atomic E-state index is 11.9. The van der Waals surface area contributed by atoms with Crippen molar-refractivity contribution in [3.8, 4) is 0 Å². The van der Waals surface area contributed by atoms with E-state index in [0.29, 0.717) is 10.9 Å². The average Bonchev–Trinajstić information content (AvgIpc) is 2.48. The molecule has 2 rings (SSSR count). The molecule has 2 amide bonds. The van der Waals surface area contributed by atoms with Gasteiger partial charge in [-0.15, -0.1) is 0 Å². The molecule has 1 aliphatic rings. The molecule has 1 aromatic rings. The number of carboxylic acids is 1. The third-order valence-electron chi connectivity index (χ3n) is 3.71. The van der Waals surface area contributed by atoms with E-state index in [1.54, 1.807) is 12.1 Å². The van der Waals surface area contributed by atoms with Gasteiger partial charge in [0.25, 0.3) is 0 Å². The van der Waals surface area contributed by atoms with E-state index in [9.17, 15) is 9.59 Å². The van der Waals surface area contributed by atoms with E-state index >= 15 is 0 Å². The van der Waals surface area contributed by atoms with Gasteiger partial charge in [0, 0.05) is 17.0 Å². The fraction of sp³-hybridized carbons (Fsp3) is 0.467. The maximum atomic E-state index is 11.9. The van der Waals surface area contributed by atoms with Crippen LogP contribution in [0.5, 0.6) is 0 Å². The van der Waals surface area contributed by atoms with Crippen molar-refractivity contribution < 1.29 is 14.7 Å². The number of carbonyl (C=O) groups is 2. The van der Waals surface area contributed by atoms with Gasteiger partial charge in [0.2, 0.25) is 0 Å². The van der Waals surface area contributed by atoms with E-state index in [-0.39, 0.29) is 17.6 Å². The molecule has 0 heterocycles. The summed E-state index contributed by atoms with van der Waals surface area (Å²) >= 11 is 1.89. The van der Waals surface area contributed by atoms with E-state index < -0.39 is 5.97 Å². The lowest BCUT2D eigenvalue weighted by molar-refractivity contribution is 0.0697. The van der Waals surface area contributed by atoms with E-state index in [4.69, 9.17) is 5.11 Å². The Morgan fingerprint density at radius 1 is 1.24 bits per heavy atom. The van der Waals surface area contributed by atoms with Crippen molar-refractivity contribution in [3.63, 3.8) is 0 Å². The van der Waals surface area contributed by atoms with E-state index in [1.165, 1.54) is 12.1 Å². The number of rotatable bonds is 4. The lowest BCUT2D eigenvalue weighted by Gasteiger charge is -2.28. The van der Waals surface area contributed by atoms with Crippen molar-refractivity contribution in [1.29, 1.82) is 0 Å². The van der Waals surface area contributed by atoms with Gasteiger partial charge in [0.15, 0.2) is 0 Å². The van der Waals surface area contributed by atoms with Gasteiger partial charge in [-0.3, -0.25) is 0 Å². The zero-order valence-electron chi connectivity index (χ0n) is 12.0. The molecule has 1 aliphatic carbocycles. The number of hydrogen-bond donors (Lipinski definition) is 3. The summed E-state index contributed by atoms with van der Waals surface area (Å²) in [5.41, 5.74) is 0.651. The Kier molecular flexibility index (Phi) is 5.50. The van der Waals surface area contributed by atoms with Crippen LogP contribution in [0.15, 0.2) is 24.3 Å². The highest BCUT2D eigenvalue weighted by Crippen LogP contribution is 2.26. The molecule has 0 unspecified atom stereocenters. The van der Waals surface area contributed by atoms with E-state index in [2.05, 4.69) is 16.9 Å². The number of hydrogen-bond acceptors (Lipinski definition) is 3. The molecule has 1 aromatic carbocycles. The van der Waals surface area contributed by atoms with Crippen LogP contribution >= 0.6 is 11.8 Å². The van der Waals surface area contributed by atoms with Gasteiger partial charge in [0.05, 0.1) is 5.56 Å². The van der Waals surface area contributed by atoms with Crippen LogP contribution in [0.4, 0.5) is 10.5 Å². The Morgan fingerprint density at radius 3 is 2.57 bits per heavy atom. The van der Waals surface area contributed by atoms with Crippen molar-refractivity contribution in [3.05, 3.63) is 29.8 Å². The molecule has 0 aliphatic heterocycles. The minimum absolute atomic E-state index is 0.160. The zero-order valence-corrected chi connectivity index (χ0v) is 12.8. The molecule has 0 spiro atoms. The molecule has 21 heavy (non-hydrogen) atoms.